The van der Waals surface area contributed by atoms with E-state index in [-0.39, 0.29) is 5.78 Å². The van der Waals surface area contributed by atoms with Gasteiger partial charge in [0.25, 0.3) is 0 Å². The number of Topliss-reactive ketones (excluding diaryl/α,β-unsaturated/α-hetero) is 1. The van der Waals surface area contributed by atoms with Crippen molar-refractivity contribution in [3.05, 3.63) is 24.0 Å². The van der Waals surface area contributed by atoms with Crippen LogP contribution in [0, 0.1) is 0 Å². The Morgan fingerprint density at radius 2 is 1.62 bits per heavy atom. The van der Waals surface area contributed by atoms with Crippen molar-refractivity contribution >= 4 is 14.1 Å². The Bertz CT molecular complexity index is 483. The largest absolute Gasteiger partial charge is 0.477 e. The highest BCUT2D eigenvalue weighted by Gasteiger charge is 2.46. The topological polar surface area (TPSA) is 35.5 Å². The average molecular weight is 353 g/mol. The standard InChI is InChI=1S/C20H36O3Si/c1-10-20(9,23-19-17(8)11-12-18(19)21)13-22-24(14(2)3,15(4)5)16(6)7/h10,14-16H,1,11-13H2,2-9H3/t20-/m1/s1. The van der Waals surface area contributed by atoms with E-state index in [1.807, 2.05) is 13.8 Å². The molecule has 0 N–H and O–H groups in total. The minimum atomic E-state index is -1.97. The minimum absolute atomic E-state index is 0.0978. The molecule has 0 spiro atoms. The zero-order valence-corrected chi connectivity index (χ0v) is 17.9. The van der Waals surface area contributed by atoms with Crippen LogP contribution in [0.3, 0.4) is 0 Å². The Kier molecular flexibility index (Phi) is 7.06. The first-order valence-corrected chi connectivity index (χ1v) is 11.3. The fourth-order valence-corrected chi connectivity index (χ4v) is 9.58. The van der Waals surface area contributed by atoms with Crippen molar-refractivity contribution in [2.75, 3.05) is 6.61 Å². The van der Waals surface area contributed by atoms with Crippen LogP contribution in [0.2, 0.25) is 16.6 Å². The normalized spacial score (nSPS) is 18.7. The van der Waals surface area contributed by atoms with Crippen molar-refractivity contribution in [1.82, 2.24) is 0 Å². The number of hydrogen-bond acceptors (Lipinski definition) is 3. The van der Waals surface area contributed by atoms with Crippen LogP contribution in [-0.2, 0) is 14.0 Å². The summed E-state index contributed by atoms with van der Waals surface area (Å²) in [5, 5.41) is 0. The molecule has 0 amide bonds. The first-order chi connectivity index (χ1) is 11.0. The van der Waals surface area contributed by atoms with E-state index in [9.17, 15) is 4.79 Å². The van der Waals surface area contributed by atoms with Gasteiger partial charge >= 0.3 is 0 Å². The second-order valence-electron chi connectivity index (χ2n) is 8.26. The van der Waals surface area contributed by atoms with Crippen molar-refractivity contribution in [3.8, 4) is 0 Å². The maximum atomic E-state index is 12.1. The molecule has 0 saturated heterocycles. The van der Waals surface area contributed by atoms with Gasteiger partial charge in [-0.2, -0.15) is 0 Å². The van der Waals surface area contributed by atoms with Gasteiger partial charge in [0.1, 0.15) is 5.60 Å². The van der Waals surface area contributed by atoms with Crippen LogP contribution in [0.4, 0.5) is 0 Å². The molecule has 3 nitrogen and oxygen atoms in total. The van der Waals surface area contributed by atoms with Crippen LogP contribution in [0.1, 0.15) is 68.2 Å². The SMILES string of the molecule is C=C[C@](C)(CO[Si](C(C)C)(C(C)C)C(C)C)OC1=C(C)CCC1=O. The zero-order valence-electron chi connectivity index (χ0n) is 16.9. The van der Waals surface area contributed by atoms with Gasteiger partial charge in [-0.05, 0) is 48.5 Å². The number of hydrogen-bond donors (Lipinski definition) is 0. The van der Waals surface area contributed by atoms with E-state index in [0.717, 1.165) is 12.0 Å². The molecule has 1 atom stereocenters. The summed E-state index contributed by atoms with van der Waals surface area (Å²) < 4.78 is 12.8. The van der Waals surface area contributed by atoms with Crippen molar-refractivity contribution in [3.63, 3.8) is 0 Å². The van der Waals surface area contributed by atoms with Gasteiger partial charge in [0.2, 0.25) is 8.32 Å². The molecule has 0 heterocycles. The molecule has 24 heavy (non-hydrogen) atoms. The van der Waals surface area contributed by atoms with Gasteiger partial charge in [0.05, 0.1) is 6.61 Å². The third kappa shape index (κ3) is 4.20. The first kappa shape index (κ1) is 21.2. The maximum absolute atomic E-state index is 12.1. The molecule has 4 heteroatoms. The number of carbonyl (C=O) groups is 1. The Labute approximate surface area is 149 Å². The molecule has 0 aliphatic heterocycles. The monoisotopic (exact) mass is 352 g/mol. The van der Waals surface area contributed by atoms with Crippen molar-refractivity contribution < 1.29 is 14.0 Å². The molecule has 0 saturated carbocycles. The average Bonchev–Trinajstić information content (AvgIpc) is 2.78. The van der Waals surface area contributed by atoms with E-state index in [1.165, 1.54) is 0 Å². The molecule has 0 aromatic carbocycles. The molecule has 1 aliphatic rings. The minimum Gasteiger partial charge on any atom is -0.477 e. The predicted octanol–water partition coefficient (Wildman–Crippen LogP) is 5.78. The third-order valence-corrected chi connectivity index (χ3v) is 11.5. The Morgan fingerprint density at radius 3 is 1.96 bits per heavy atom. The van der Waals surface area contributed by atoms with E-state index < -0.39 is 13.9 Å². The number of ether oxygens (including phenoxy) is 1. The predicted molar refractivity (Wildman–Crippen MR) is 104 cm³/mol. The molecule has 0 unspecified atom stereocenters. The molecule has 0 aromatic rings. The summed E-state index contributed by atoms with van der Waals surface area (Å²) in [4.78, 5) is 12.1. The quantitative estimate of drug-likeness (QED) is 0.390. The van der Waals surface area contributed by atoms with Gasteiger partial charge in [0, 0.05) is 6.42 Å². The Morgan fingerprint density at radius 1 is 1.12 bits per heavy atom. The molecular formula is C20H36O3Si. The van der Waals surface area contributed by atoms with Gasteiger partial charge in [0.15, 0.2) is 11.5 Å². The number of rotatable bonds is 9. The van der Waals surface area contributed by atoms with Crippen LogP contribution in [0.5, 0.6) is 0 Å². The Balaban J connectivity index is 2.99. The molecule has 0 fully saturated rings. The van der Waals surface area contributed by atoms with Crippen LogP contribution in [0.25, 0.3) is 0 Å². The van der Waals surface area contributed by atoms with Crippen molar-refractivity contribution in [2.24, 2.45) is 0 Å². The molecule has 0 bridgehead atoms. The third-order valence-electron chi connectivity index (χ3n) is 5.45. The lowest BCUT2D eigenvalue weighted by Gasteiger charge is -2.44. The smallest absolute Gasteiger partial charge is 0.200 e. The molecule has 1 aliphatic carbocycles. The van der Waals surface area contributed by atoms with E-state index >= 15 is 0 Å². The lowest BCUT2D eigenvalue weighted by atomic mass is 10.1. The fraction of sp³-hybridized carbons (Fsp3) is 0.750. The number of carbonyl (C=O) groups excluding carboxylic acids is 1. The molecule has 0 aromatic heterocycles. The van der Waals surface area contributed by atoms with Crippen LogP contribution >= 0.6 is 0 Å². The van der Waals surface area contributed by atoms with E-state index in [4.69, 9.17) is 9.16 Å². The summed E-state index contributed by atoms with van der Waals surface area (Å²) in [7, 11) is -1.97. The highest BCUT2D eigenvalue weighted by atomic mass is 28.4. The van der Waals surface area contributed by atoms with E-state index in [2.05, 4.69) is 48.1 Å². The van der Waals surface area contributed by atoms with Crippen LogP contribution in [0.15, 0.2) is 24.0 Å². The molecule has 1 rings (SSSR count). The molecular weight excluding hydrogens is 316 g/mol. The van der Waals surface area contributed by atoms with Crippen molar-refractivity contribution in [1.29, 1.82) is 0 Å². The highest BCUT2D eigenvalue weighted by molar-refractivity contribution is 6.77. The second-order valence-corrected chi connectivity index (χ2v) is 13.7. The Hall–Kier alpha value is -0.873. The number of allylic oxidation sites excluding steroid dienone is 2. The van der Waals surface area contributed by atoms with Crippen molar-refractivity contribution in [2.45, 2.75) is 90.5 Å². The summed E-state index contributed by atoms with van der Waals surface area (Å²) >= 11 is 0. The summed E-state index contributed by atoms with van der Waals surface area (Å²) in [6, 6.07) is 0. The van der Waals surface area contributed by atoms with Gasteiger partial charge in [-0.3, -0.25) is 4.79 Å². The van der Waals surface area contributed by atoms with E-state index in [0.29, 0.717) is 35.4 Å². The highest BCUT2D eigenvalue weighted by Crippen LogP contribution is 2.43. The van der Waals surface area contributed by atoms with E-state index in [1.54, 1.807) is 6.08 Å². The summed E-state index contributed by atoms with van der Waals surface area (Å²) in [6.45, 7) is 21.9. The second kappa shape index (κ2) is 8.00. The summed E-state index contributed by atoms with van der Waals surface area (Å²) in [6.07, 6.45) is 3.13. The lowest BCUT2D eigenvalue weighted by molar-refractivity contribution is -0.120. The molecule has 0 radical (unpaired) electrons. The van der Waals surface area contributed by atoms with Crippen LogP contribution < -0.4 is 0 Å². The lowest BCUT2D eigenvalue weighted by Crippen LogP contribution is -2.51. The number of ketones is 1. The summed E-state index contributed by atoms with van der Waals surface area (Å²) in [5.74, 6) is 0.618. The van der Waals surface area contributed by atoms with Gasteiger partial charge in [-0.15, -0.1) is 0 Å². The van der Waals surface area contributed by atoms with Gasteiger partial charge < -0.3 is 9.16 Å². The van der Waals surface area contributed by atoms with Gasteiger partial charge in [-0.1, -0.05) is 48.1 Å². The first-order valence-electron chi connectivity index (χ1n) is 9.19. The molecule has 138 valence electrons. The van der Waals surface area contributed by atoms with Gasteiger partial charge in [-0.25, -0.2) is 0 Å². The summed E-state index contributed by atoms with van der Waals surface area (Å²) in [5.41, 5.74) is 1.91. The van der Waals surface area contributed by atoms with Crippen LogP contribution in [-0.4, -0.2) is 26.3 Å². The maximum Gasteiger partial charge on any atom is 0.200 e. The zero-order chi connectivity index (χ0) is 18.7. The fourth-order valence-electron chi connectivity index (χ4n) is 4.04.